The number of hydrogen-bond acceptors (Lipinski definition) is 4. The lowest BCUT2D eigenvalue weighted by molar-refractivity contribution is 0.00668. The summed E-state index contributed by atoms with van der Waals surface area (Å²) in [7, 11) is 0. The standard InChI is InChI=1S/C14H27N3O/c1-13(4-2-8-18-13)11-16-14(10-15)5-7-17-6-3-12(14)9-17/h12,16H,2-11,15H2,1H3. The summed E-state index contributed by atoms with van der Waals surface area (Å²) in [6.45, 7) is 8.59. The van der Waals surface area contributed by atoms with Gasteiger partial charge in [0.25, 0.3) is 0 Å². The van der Waals surface area contributed by atoms with Crippen molar-refractivity contribution in [2.45, 2.75) is 43.7 Å². The van der Waals surface area contributed by atoms with E-state index in [2.05, 4.69) is 17.1 Å². The van der Waals surface area contributed by atoms with Crippen molar-refractivity contribution in [3.05, 3.63) is 0 Å². The van der Waals surface area contributed by atoms with Crippen molar-refractivity contribution in [1.82, 2.24) is 10.2 Å². The maximum Gasteiger partial charge on any atom is 0.0779 e. The van der Waals surface area contributed by atoms with Crippen LogP contribution in [0.1, 0.15) is 32.6 Å². The van der Waals surface area contributed by atoms with Crippen LogP contribution in [0.4, 0.5) is 0 Å². The van der Waals surface area contributed by atoms with E-state index in [0.29, 0.717) is 0 Å². The van der Waals surface area contributed by atoms with Gasteiger partial charge in [-0.2, -0.15) is 0 Å². The van der Waals surface area contributed by atoms with E-state index < -0.39 is 0 Å². The number of nitrogens with two attached hydrogens (primary N) is 1. The van der Waals surface area contributed by atoms with Crippen LogP contribution in [-0.2, 0) is 4.74 Å². The Balaban J connectivity index is 1.64. The maximum absolute atomic E-state index is 6.13. The van der Waals surface area contributed by atoms with Crippen molar-refractivity contribution in [2.24, 2.45) is 11.7 Å². The third kappa shape index (κ3) is 2.20. The number of fused-ring (bicyclic) bond motifs is 2. The molecule has 0 aromatic rings. The first-order valence-electron chi connectivity index (χ1n) is 7.47. The summed E-state index contributed by atoms with van der Waals surface area (Å²) in [4.78, 5) is 2.58. The Bertz CT molecular complexity index is 303. The first-order chi connectivity index (χ1) is 8.66. The van der Waals surface area contributed by atoms with Gasteiger partial charge in [-0.3, -0.25) is 0 Å². The molecule has 3 N–H and O–H groups in total. The second kappa shape index (κ2) is 4.75. The zero-order chi connectivity index (χ0) is 12.6. The third-order valence-corrected chi connectivity index (χ3v) is 5.41. The molecule has 0 aliphatic carbocycles. The van der Waals surface area contributed by atoms with Gasteiger partial charge in [0.05, 0.1) is 5.60 Å². The van der Waals surface area contributed by atoms with Crippen molar-refractivity contribution in [3.63, 3.8) is 0 Å². The molecule has 4 nitrogen and oxygen atoms in total. The van der Waals surface area contributed by atoms with Crippen LogP contribution in [0.3, 0.4) is 0 Å². The summed E-state index contributed by atoms with van der Waals surface area (Å²) < 4.78 is 5.89. The molecule has 0 radical (unpaired) electrons. The highest BCUT2D eigenvalue weighted by Crippen LogP contribution is 2.36. The minimum Gasteiger partial charge on any atom is -0.374 e. The molecule has 3 rings (SSSR count). The van der Waals surface area contributed by atoms with Gasteiger partial charge in [-0.25, -0.2) is 0 Å². The van der Waals surface area contributed by atoms with Gasteiger partial charge in [0.1, 0.15) is 0 Å². The van der Waals surface area contributed by atoms with Crippen LogP contribution in [0, 0.1) is 5.92 Å². The lowest BCUT2D eigenvalue weighted by atomic mass is 9.78. The summed E-state index contributed by atoms with van der Waals surface area (Å²) >= 11 is 0. The molecule has 18 heavy (non-hydrogen) atoms. The van der Waals surface area contributed by atoms with Crippen molar-refractivity contribution in [1.29, 1.82) is 0 Å². The van der Waals surface area contributed by atoms with Crippen LogP contribution in [-0.4, -0.2) is 55.4 Å². The Hall–Kier alpha value is -0.160. The molecule has 4 unspecified atom stereocenters. The van der Waals surface area contributed by atoms with Crippen LogP contribution in [0.5, 0.6) is 0 Å². The number of hydrogen-bond donors (Lipinski definition) is 2. The molecule has 0 spiro atoms. The Kier molecular flexibility index (Phi) is 3.39. The van der Waals surface area contributed by atoms with E-state index in [0.717, 1.165) is 25.6 Å². The molecule has 2 bridgehead atoms. The molecule has 104 valence electrons. The minimum absolute atomic E-state index is 0.0396. The van der Waals surface area contributed by atoms with E-state index in [1.165, 1.54) is 45.3 Å². The zero-order valence-electron chi connectivity index (χ0n) is 11.6. The van der Waals surface area contributed by atoms with E-state index in [9.17, 15) is 0 Å². The summed E-state index contributed by atoms with van der Waals surface area (Å²) in [5.74, 6) is 0.737. The van der Waals surface area contributed by atoms with Crippen LogP contribution < -0.4 is 11.1 Å². The van der Waals surface area contributed by atoms with Crippen molar-refractivity contribution >= 4 is 0 Å². The SMILES string of the molecule is CC1(CNC2(CN)CCN3CCC2C3)CCCO1. The first-order valence-corrected chi connectivity index (χ1v) is 7.47. The smallest absolute Gasteiger partial charge is 0.0779 e. The number of rotatable bonds is 4. The van der Waals surface area contributed by atoms with E-state index >= 15 is 0 Å². The average Bonchev–Trinajstić information content (AvgIpc) is 2.98. The number of piperidine rings is 1. The number of nitrogens with zero attached hydrogens (tertiary/aromatic N) is 1. The molecule has 3 aliphatic rings. The maximum atomic E-state index is 6.13. The Morgan fingerprint density at radius 2 is 2.28 bits per heavy atom. The predicted octanol–water partition coefficient (Wildman–Crippen LogP) is 0.568. The van der Waals surface area contributed by atoms with Gasteiger partial charge in [-0.1, -0.05) is 0 Å². The monoisotopic (exact) mass is 253 g/mol. The van der Waals surface area contributed by atoms with Crippen molar-refractivity contribution in [3.8, 4) is 0 Å². The van der Waals surface area contributed by atoms with E-state index in [4.69, 9.17) is 10.5 Å². The summed E-state index contributed by atoms with van der Waals surface area (Å²) in [5, 5.41) is 3.82. The first kappa shape index (κ1) is 12.9. The molecule has 3 saturated heterocycles. The lowest BCUT2D eigenvalue weighted by Crippen LogP contribution is -2.62. The average molecular weight is 253 g/mol. The molecule has 3 aliphatic heterocycles. The van der Waals surface area contributed by atoms with Gasteiger partial charge in [0, 0.05) is 31.8 Å². The van der Waals surface area contributed by atoms with Crippen molar-refractivity contribution in [2.75, 3.05) is 39.3 Å². The van der Waals surface area contributed by atoms with Gasteiger partial charge in [0.15, 0.2) is 0 Å². The highest BCUT2D eigenvalue weighted by molar-refractivity contribution is 5.05. The molecule has 0 amide bonds. The molecular formula is C14H27N3O. The quantitative estimate of drug-likeness (QED) is 0.769. The molecule has 4 heteroatoms. The fourth-order valence-electron chi connectivity index (χ4n) is 3.96. The highest BCUT2D eigenvalue weighted by Gasteiger charge is 2.46. The summed E-state index contributed by atoms with van der Waals surface area (Å²) in [6, 6.07) is 0. The largest absolute Gasteiger partial charge is 0.374 e. The molecular weight excluding hydrogens is 226 g/mol. The van der Waals surface area contributed by atoms with Crippen LogP contribution >= 0.6 is 0 Å². The molecule has 0 saturated carbocycles. The van der Waals surface area contributed by atoms with Gasteiger partial charge >= 0.3 is 0 Å². The molecule has 4 atom stereocenters. The third-order valence-electron chi connectivity index (χ3n) is 5.41. The molecule has 0 aromatic heterocycles. The summed E-state index contributed by atoms with van der Waals surface area (Å²) in [6.07, 6.45) is 4.88. The Morgan fingerprint density at radius 1 is 1.39 bits per heavy atom. The van der Waals surface area contributed by atoms with Crippen LogP contribution in [0.2, 0.25) is 0 Å². The van der Waals surface area contributed by atoms with Gasteiger partial charge in [-0.15, -0.1) is 0 Å². The minimum atomic E-state index is 0.0396. The van der Waals surface area contributed by atoms with Crippen molar-refractivity contribution < 1.29 is 4.74 Å². The summed E-state index contributed by atoms with van der Waals surface area (Å²) in [5.41, 5.74) is 6.34. The second-order valence-electron chi connectivity index (χ2n) is 6.65. The molecule has 3 fully saturated rings. The normalized spacial score (nSPS) is 47.7. The Morgan fingerprint density at radius 3 is 3.00 bits per heavy atom. The zero-order valence-corrected chi connectivity index (χ0v) is 11.6. The van der Waals surface area contributed by atoms with Crippen LogP contribution in [0.15, 0.2) is 0 Å². The van der Waals surface area contributed by atoms with Gasteiger partial charge in [0.2, 0.25) is 0 Å². The van der Waals surface area contributed by atoms with Gasteiger partial charge in [-0.05, 0) is 51.6 Å². The number of nitrogens with one attached hydrogen (secondary N) is 1. The second-order valence-corrected chi connectivity index (χ2v) is 6.65. The lowest BCUT2D eigenvalue weighted by Gasteiger charge is -2.44. The molecule has 0 aromatic carbocycles. The van der Waals surface area contributed by atoms with E-state index in [1.54, 1.807) is 0 Å². The molecule has 3 heterocycles. The predicted molar refractivity (Wildman–Crippen MR) is 72.5 cm³/mol. The van der Waals surface area contributed by atoms with E-state index in [-0.39, 0.29) is 11.1 Å². The topological polar surface area (TPSA) is 50.5 Å². The fraction of sp³-hybridized carbons (Fsp3) is 1.00. The van der Waals surface area contributed by atoms with Gasteiger partial charge < -0.3 is 20.7 Å². The highest BCUT2D eigenvalue weighted by atomic mass is 16.5. The fourth-order valence-corrected chi connectivity index (χ4v) is 3.96. The Labute approximate surface area is 110 Å². The van der Waals surface area contributed by atoms with E-state index in [1.807, 2.05) is 0 Å². The van der Waals surface area contributed by atoms with Crippen LogP contribution in [0.25, 0.3) is 0 Å². The number of ether oxygens (including phenoxy) is 1.